The summed E-state index contributed by atoms with van der Waals surface area (Å²) in [6.07, 6.45) is 4.96. The number of nitrogens with zero attached hydrogens (tertiary/aromatic N) is 1. The predicted molar refractivity (Wildman–Crippen MR) is 84.7 cm³/mol. The normalized spacial score (nSPS) is 24.2. The minimum atomic E-state index is -0.00586. The van der Waals surface area contributed by atoms with Crippen LogP contribution in [0.2, 0.25) is 0 Å². The summed E-state index contributed by atoms with van der Waals surface area (Å²) >= 11 is 4.21. The quantitative estimate of drug-likeness (QED) is 0.736. The van der Waals surface area contributed by atoms with Crippen molar-refractivity contribution < 1.29 is 4.79 Å². The fourth-order valence-electron chi connectivity index (χ4n) is 2.64. The van der Waals surface area contributed by atoms with Gasteiger partial charge in [-0.25, -0.2) is 0 Å². The van der Waals surface area contributed by atoms with Gasteiger partial charge < -0.3 is 10.2 Å². The molecule has 0 aromatic rings. The Labute approximate surface area is 123 Å². The number of carbonyl (C=O) groups is 1. The molecule has 19 heavy (non-hydrogen) atoms. The third kappa shape index (κ3) is 5.35. The number of piperidine rings is 1. The average Bonchev–Trinajstić information content (AvgIpc) is 2.39. The molecule has 0 spiro atoms. The second kappa shape index (κ2) is 8.15. The van der Waals surface area contributed by atoms with Crippen molar-refractivity contribution in [3.63, 3.8) is 0 Å². The fraction of sp³-hybridized carbons (Fsp3) is 0.933. The van der Waals surface area contributed by atoms with E-state index >= 15 is 0 Å². The summed E-state index contributed by atoms with van der Waals surface area (Å²) in [4.78, 5) is 14.5. The molecule has 3 nitrogen and oxygen atoms in total. The van der Waals surface area contributed by atoms with Gasteiger partial charge in [0.2, 0.25) is 5.91 Å². The van der Waals surface area contributed by atoms with Gasteiger partial charge >= 0.3 is 0 Å². The first kappa shape index (κ1) is 16.8. The molecule has 1 rings (SSSR count). The highest BCUT2D eigenvalue weighted by molar-refractivity contribution is 7.80. The average molecular weight is 286 g/mol. The Morgan fingerprint density at radius 1 is 1.37 bits per heavy atom. The van der Waals surface area contributed by atoms with Crippen LogP contribution in [0.4, 0.5) is 0 Å². The van der Waals surface area contributed by atoms with Crippen molar-refractivity contribution in [2.24, 2.45) is 11.8 Å². The van der Waals surface area contributed by atoms with Gasteiger partial charge in [0.15, 0.2) is 0 Å². The lowest BCUT2D eigenvalue weighted by molar-refractivity contribution is -0.125. The maximum Gasteiger partial charge on any atom is 0.223 e. The van der Waals surface area contributed by atoms with E-state index < -0.39 is 0 Å². The number of likely N-dealkylation sites (tertiary alicyclic amines) is 1. The van der Waals surface area contributed by atoms with Crippen LogP contribution >= 0.6 is 12.6 Å². The Balaban J connectivity index is 2.54. The molecule has 1 heterocycles. The largest absolute Gasteiger partial charge is 0.353 e. The highest BCUT2D eigenvalue weighted by Crippen LogP contribution is 2.21. The maximum absolute atomic E-state index is 12.0. The minimum absolute atomic E-state index is 0.00586. The van der Waals surface area contributed by atoms with Crippen molar-refractivity contribution in [1.29, 1.82) is 0 Å². The Kier molecular flexibility index (Phi) is 7.22. The van der Waals surface area contributed by atoms with Crippen molar-refractivity contribution in [3.8, 4) is 0 Å². The molecule has 1 amide bonds. The number of hydrogen-bond acceptors (Lipinski definition) is 3. The molecule has 4 heteroatoms. The van der Waals surface area contributed by atoms with Crippen LogP contribution in [-0.4, -0.2) is 42.2 Å². The Bertz CT molecular complexity index is 283. The topological polar surface area (TPSA) is 32.3 Å². The van der Waals surface area contributed by atoms with E-state index in [1.807, 2.05) is 6.92 Å². The summed E-state index contributed by atoms with van der Waals surface area (Å²) in [7, 11) is 2.21. The van der Waals surface area contributed by atoms with Crippen LogP contribution in [0.5, 0.6) is 0 Å². The fourth-order valence-corrected chi connectivity index (χ4v) is 2.81. The number of thiol groups is 1. The molecule has 1 fully saturated rings. The van der Waals surface area contributed by atoms with Crippen molar-refractivity contribution >= 4 is 18.5 Å². The Morgan fingerprint density at radius 2 is 2.05 bits per heavy atom. The van der Waals surface area contributed by atoms with Gasteiger partial charge in [-0.3, -0.25) is 4.79 Å². The third-order valence-electron chi connectivity index (χ3n) is 4.30. The molecule has 0 aromatic heterocycles. The number of amides is 1. The van der Waals surface area contributed by atoms with Gasteiger partial charge in [0.1, 0.15) is 0 Å². The Morgan fingerprint density at radius 3 is 2.58 bits per heavy atom. The first-order valence-electron chi connectivity index (χ1n) is 7.57. The van der Waals surface area contributed by atoms with E-state index in [4.69, 9.17) is 0 Å². The van der Waals surface area contributed by atoms with Crippen LogP contribution in [0.3, 0.4) is 0 Å². The predicted octanol–water partition coefficient (Wildman–Crippen LogP) is 2.57. The molecule has 0 aliphatic carbocycles. The van der Waals surface area contributed by atoms with Gasteiger partial charge in [0.05, 0.1) is 0 Å². The zero-order valence-corrected chi connectivity index (χ0v) is 13.7. The van der Waals surface area contributed by atoms with Gasteiger partial charge in [0, 0.05) is 23.8 Å². The van der Waals surface area contributed by atoms with Gasteiger partial charge in [0.25, 0.3) is 0 Å². The second-order valence-electron chi connectivity index (χ2n) is 6.31. The van der Waals surface area contributed by atoms with Gasteiger partial charge in [-0.2, -0.15) is 12.6 Å². The van der Waals surface area contributed by atoms with Crippen molar-refractivity contribution in [3.05, 3.63) is 0 Å². The maximum atomic E-state index is 12.0. The zero-order valence-electron chi connectivity index (χ0n) is 12.9. The molecule has 1 aliphatic heterocycles. The highest BCUT2D eigenvalue weighted by atomic mass is 32.1. The number of nitrogens with one attached hydrogen (secondary N) is 1. The molecule has 0 aromatic carbocycles. The molecule has 1 N–H and O–H groups in total. The number of carbonyl (C=O) groups excluding carboxylic acids is 1. The van der Waals surface area contributed by atoms with E-state index in [1.165, 1.54) is 25.8 Å². The first-order valence-corrected chi connectivity index (χ1v) is 8.20. The van der Waals surface area contributed by atoms with Crippen LogP contribution in [0, 0.1) is 11.8 Å². The minimum Gasteiger partial charge on any atom is -0.353 e. The summed E-state index contributed by atoms with van der Waals surface area (Å²) in [6.45, 7) is 7.52. The van der Waals surface area contributed by atoms with Crippen LogP contribution in [-0.2, 0) is 4.79 Å². The Hall–Kier alpha value is -0.220. The van der Waals surface area contributed by atoms with Crippen LogP contribution in [0.25, 0.3) is 0 Å². The van der Waals surface area contributed by atoms with E-state index in [9.17, 15) is 4.79 Å². The number of hydrogen-bond donors (Lipinski definition) is 2. The lowest BCUT2D eigenvalue weighted by Gasteiger charge is -2.36. The lowest BCUT2D eigenvalue weighted by Crippen LogP contribution is -2.47. The van der Waals surface area contributed by atoms with E-state index in [2.05, 4.69) is 43.7 Å². The molecule has 1 unspecified atom stereocenters. The van der Waals surface area contributed by atoms with Crippen molar-refractivity contribution in [2.45, 2.75) is 58.5 Å². The smallest absolute Gasteiger partial charge is 0.223 e. The summed E-state index contributed by atoms with van der Waals surface area (Å²) in [5.41, 5.74) is 0. The highest BCUT2D eigenvalue weighted by Gasteiger charge is 2.26. The summed E-state index contributed by atoms with van der Waals surface area (Å²) in [5, 5.41) is 3.22. The second-order valence-corrected chi connectivity index (χ2v) is 6.67. The molecule has 0 saturated carbocycles. The van der Waals surface area contributed by atoms with E-state index in [1.54, 1.807) is 0 Å². The molecule has 3 atom stereocenters. The molecular formula is C15H30N2OS. The van der Waals surface area contributed by atoms with Crippen LogP contribution < -0.4 is 5.32 Å². The van der Waals surface area contributed by atoms with Crippen molar-refractivity contribution in [1.82, 2.24) is 10.2 Å². The zero-order chi connectivity index (χ0) is 14.4. The molecule has 0 bridgehead atoms. The summed E-state index contributed by atoms with van der Waals surface area (Å²) in [6, 6.07) is 0.896. The van der Waals surface area contributed by atoms with E-state index in [0.29, 0.717) is 17.7 Å². The number of rotatable bonds is 6. The van der Waals surface area contributed by atoms with Gasteiger partial charge in [-0.05, 0) is 38.8 Å². The molecule has 112 valence electrons. The monoisotopic (exact) mass is 286 g/mol. The van der Waals surface area contributed by atoms with Crippen molar-refractivity contribution in [2.75, 3.05) is 19.3 Å². The molecular weight excluding hydrogens is 256 g/mol. The molecule has 0 radical (unpaired) electrons. The summed E-state index contributed by atoms with van der Waals surface area (Å²) in [5.74, 6) is 1.23. The third-order valence-corrected chi connectivity index (χ3v) is 4.85. The standard InChI is InChI=1S/C15H30N2OS/c1-11(2)14(16-15(18)12(3)10-19)9-13-7-5-6-8-17(13)4/h11-14,19H,5-10H2,1-4H3,(H,16,18)/t12?,13-,14+/m1/s1. The first-order chi connectivity index (χ1) is 8.95. The SMILES string of the molecule is CC(CS)C(=O)N[C@@H](C[C@H]1CCCCN1C)C(C)C. The van der Waals surface area contributed by atoms with Gasteiger partial charge in [-0.15, -0.1) is 0 Å². The van der Waals surface area contributed by atoms with Crippen LogP contribution in [0.15, 0.2) is 0 Å². The van der Waals surface area contributed by atoms with Crippen LogP contribution in [0.1, 0.15) is 46.5 Å². The lowest BCUT2D eigenvalue weighted by atomic mass is 9.91. The van der Waals surface area contributed by atoms with E-state index in [0.717, 1.165) is 6.42 Å². The molecule has 1 aliphatic rings. The van der Waals surface area contributed by atoms with E-state index in [-0.39, 0.29) is 17.9 Å². The summed E-state index contributed by atoms with van der Waals surface area (Å²) < 4.78 is 0. The van der Waals surface area contributed by atoms with Gasteiger partial charge in [-0.1, -0.05) is 27.2 Å². The molecule has 1 saturated heterocycles.